The predicted molar refractivity (Wildman–Crippen MR) is 76.7 cm³/mol. The number of amides is 1. The van der Waals surface area contributed by atoms with Gasteiger partial charge >= 0.3 is 0 Å². The van der Waals surface area contributed by atoms with Gasteiger partial charge in [0.1, 0.15) is 6.04 Å². The molecule has 0 radical (unpaired) electrons. The number of hydrogen-bond acceptors (Lipinski definition) is 3. The van der Waals surface area contributed by atoms with E-state index < -0.39 is 6.04 Å². The van der Waals surface area contributed by atoms with E-state index in [1.165, 1.54) is 0 Å². The van der Waals surface area contributed by atoms with Gasteiger partial charge < -0.3 is 10.6 Å². The van der Waals surface area contributed by atoms with Crippen molar-refractivity contribution in [3.05, 3.63) is 29.8 Å². The summed E-state index contributed by atoms with van der Waals surface area (Å²) in [5.74, 6) is -0.125. The Morgan fingerprint density at radius 3 is 2.53 bits per heavy atom. The smallest absolute Gasteiger partial charge is 0.223 e. The highest BCUT2D eigenvalue weighted by Crippen LogP contribution is 2.15. The van der Waals surface area contributed by atoms with Crippen LogP contribution in [0.1, 0.15) is 32.8 Å². The lowest BCUT2D eigenvalue weighted by Crippen LogP contribution is -2.42. The van der Waals surface area contributed by atoms with E-state index in [1.807, 2.05) is 52.0 Å². The van der Waals surface area contributed by atoms with Gasteiger partial charge in [0.05, 0.1) is 12.5 Å². The van der Waals surface area contributed by atoms with Gasteiger partial charge in [0.2, 0.25) is 5.91 Å². The molecular weight excluding hydrogens is 238 g/mol. The highest BCUT2D eigenvalue weighted by Gasteiger charge is 2.18. The highest BCUT2D eigenvalue weighted by atomic mass is 16.1. The Labute approximate surface area is 114 Å². The lowest BCUT2D eigenvalue weighted by atomic mass is 10.1. The van der Waals surface area contributed by atoms with E-state index in [9.17, 15) is 4.79 Å². The van der Waals surface area contributed by atoms with Gasteiger partial charge in [0.25, 0.3) is 0 Å². The van der Waals surface area contributed by atoms with Crippen LogP contribution in [-0.4, -0.2) is 17.5 Å². The molecule has 1 atom stereocenters. The Kier molecular flexibility index (Phi) is 4.94. The molecule has 0 aromatic heterocycles. The second kappa shape index (κ2) is 6.24. The van der Waals surface area contributed by atoms with Crippen LogP contribution in [0.15, 0.2) is 24.3 Å². The van der Waals surface area contributed by atoms with Crippen molar-refractivity contribution in [1.29, 1.82) is 5.26 Å². The summed E-state index contributed by atoms with van der Waals surface area (Å²) in [5, 5.41) is 15.1. The number of aryl methyl sites for hydroxylation is 1. The first kappa shape index (κ1) is 15.0. The van der Waals surface area contributed by atoms with Crippen LogP contribution in [-0.2, 0) is 4.79 Å². The van der Waals surface area contributed by atoms with Crippen LogP contribution in [0.25, 0.3) is 0 Å². The monoisotopic (exact) mass is 259 g/mol. The molecule has 0 saturated heterocycles. The Morgan fingerprint density at radius 2 is 2.00 bits per heavy atom. The molecule has 2 N–H and O–H groups in total. The van der Waals surface area contributed by atoms with Crippen LogP contribution in [0.4, 0.5) is 5.69 Å². The molecule has 4 nitrogen and oxygen atoms in total. The largest absolute Gasteiger partial charge is 0.369 e. The van der Waals surface area contributed by atoms with Crippen LogP contribution in [0.5, 0.6) is 0 Å². The van der Waals surface area contributed by atoms with Gasteiger partial charge in [0.15, 0.2) is 0 Å². The minimum Gasteiger partial charge on any atom is -0.369 e. The van der Waals surface area contributed by atoms with Crippen molar-refractivity contribution in [3.63, 3.8) is 0 Å². The normalized spacial score (nSPS) is 12.4. The van der Waals surface area contributed by atoms with Gasteiger partial charge in [-0.2, -0.15) is 5.26 Å². The number of para-hydroxylation sites is 1. The van der Waals surface area contributed by atoms with Crippen molar-refractivity contribution in [1.82, 2.24) is 5.32 Å². The van der Waals surface area contributed by atoms with Crippen molar-refractivity contribution in [3.8, 4) is 6.07 Å². The minimum absolute atomic E-state index is 0.125. The summed E-state index contributed by atoms with van der Waals surface area (Å²) in [5.41, 5.74) is 1.66. The van der Waals surface area contributed by atoms with Crippen molar-refractivity contribution < 1.29 is 4.79 Å². The van der Waals surface area contributed by atoms with Gasteiger partial charge in [0, 0.05) is 11.2 Å². The molecule has 1 unspecified atom stereocenters. The maximum atomic E-state index is 11.8. The zero-order valence-electron chi connectivity index (χ0n) is 11.9. The number of nitrogens with zero attached hydrogens (tertiary/aromatic N) is 1. The van der Waals surface area contributed by atoms with Crippen LogP contribution >= 0.6 is 0 Å². The molecule has 1 rings (SSSR count). The summed E-state index contributed by atoms with van der Waals surface area (Å²) >= 11 is 0. The first-order valence-corrected chi connectivity index (χ1v) is 6.34. The van der Waals surface area contributed by atoms with E-state index in [2.05, 4.69) is 16.7 Å². The molecular formula is C15H21N3O. The highest BCUT2D eigenvalue weighted by molar-refractivity contribution is 5.78. The fourth-order valence-electron chi connectivity index (χ4n) is 1.71. The summed E-state index contributed by atoms with van der Waals surface area (Å²) in [7, 11) is 0. The summed E-state index contributed by atoms with van der Waals surface area (Å²) in [6.45, 7) is 7.72. The van der Waals surface area contributed by atoms with Crippen molar-refractivity contribution in [2.24, 2.45) is 0 Å². The molecule has 0 saturated carbocycles. The fraction of sp³-hybridized carbons (Fsp3) is 0.467. The van der Waals surface area contributed by atoms with Gasteiger partial charge in [-0.15, -0.1) is 0 Å². The van der Waals surface area contributed by atoms with E-state index in [1.54, 1.807) is 0 Å². The molecule has 0 bridgehead atoms. The number of carbonyl (C=O) groups is 1. The number of anilines is 1. The number of carbonyl (C=O) groups excluding carboxylic acids is 1. The summed E-state index contributed by atoms with van der Waals surface area (Å²) in [4.78, 5) is 11.8. The van der Waals surface area contributed by atoms with Gasteiger partial charge in [-0.25, -0.2) is 0 Å². The summed E-state index contributed by atoms with van der Waals surface area (Å²) in [6.07, 6.45) is 0.141. The molecule has 0 heterocycles. The van der Waals surface area contributed by atoms with Crippen LogP contribution in [0.3, 0.4) is 0 Å². The van der Waals surface area contributed by atoms with Gasteiger partial charge in [-0.05, 0) is 39.3 Å². The molecule has 19 heavy (non-hydrogen) atoms. The van der Waals surface area contributed by atoms with E-state index in [0.717, 1.165) is 11.3 Å². The second-order valence-electron chi connectivity index (χ2n) is 5.64. The second-order valence-corrected chi connectivity index (χ2v) is 5.64. The van der Waals surface area contributed by atoms with Crippen molar-refractivity contribution in [2.45, 2.75) is 45.7 Å². The zero-order chi connectivity index (χ0) is 14.5. The molecule has 1 amide bonds. The topological polar surface area (TPSA) is 64.9 Å². The lowest BCUT2D eigenvalue weighted by Gasteiger charge is -2.22. The third-order valence-electron chi connectivity index (χ3n) is 2.53. The Bertz CT molecular complexity index is 483. The minimum atomic E-state index is -0.525. The molecule has 0 fully saturated rings. The van der Waals surface area contributed by atoms with E-state index in [4.69, 9.17) is 5.26 Å². The fourth-order valence-corrected chi connectivity index (χ4v) is 1.71. The molecule has 1 aromatic carbocycles. The van der Waals surface area contributed by atoms with Crippen LogP contribution in [0.2, 0.25) is 0 Å². The Morgan fingerprint density at radius 1 is 1.37 bits per heavy atom. The van der Waals surface area contributed by atoms with E-state index in [0.29, 0.717) is 0 Å². The molecule has 4 heteroatoms. The number of rotatable bonds is 4. The van der Waals surface area contributed by atoms with Crippen LogP contribution < -0.4 is 10.6 Å². The Balaban J connectivity index is 2.63. The average molecular weight is 259 g/mol. The standard InChI is InChI=1S/C15H21N3O/c1-11-7-5-6-8-13(11)17-12(10-16)9-14(19)18-15(2,3)4/h5-8,12,17H,9H2,1-4H3,(H,18,19). The van der Waals surface area contributed by atoms with Crippen molar-refractivity contribution >= 4 is 11.6 Å². The van der Waals surface area contributed by atoms with Crippen molar-refractivity contribution in [2.75, 3.05) is 5.32 Å². The summed E-state index contributed by atoms with van der Waals surface area (Å²) < 4.78 is 0. The van der Waals surface area contributed by atoms with E-state index >= 15 is 0 Å². The Hall–Kier alpha value is -2.02. The number of nitrogens with one attached hydrogen (secondary N) is 2. The number of benzene rings is 1. The van der Waals surface area contributed by atoms with Gasteiger partial charge in [-0.1, -0.05) is 18.2 Å². The summed E-state index contributed by atoms with van der Waals surface area (Å²) in [6, 6.07) is 9.31. The quantitative estimate of drug-likeness (QED) is 0.873. The van der Waals surface area contributed by atoms with Gasteiger partial charge in [-0.3, -0.25) is 4.79 Å². The molecule has 0 aliphatic carbocycles. The third-order valence-corrected chi connectivity index (χ3v) is 2.53. The molecule has 0 spiro atoms. The SMILES string of the molecule is Cc1ccccc1NC(C#N)CC(=O)NC(C)(C)C. The average Bonchev–Trinajstić information content (AvgIpc) is 2.28. The first-order valence-electron chi connectivity index (χ1n) is 6.34. The molecule has 0 aliphatic rings. The number of hydrogen-bond donors (Lipinski definition) is 2. The lowest BCUT2D eigenvalue weighted by molar-refractivity contribution is -0.122. The third kappa shape index (κ3) is 5.43. The maximum absolute atomic E-state index is 11.8. The zero-order valence-corrected chi connectivity index (χ0v) is 11.9. The number of nitriles is 1. The molecule has 0 aliphatic heterocycles. The first-order chi connectivity index (χ1) is 8.81. The van der Waals surface area contributed by atoms with E-state index in [-0.39, 0.29) is 17.9 Å². The van der Waals surface area contributed by atoms with Crippen LogP contribution in [0, 0.1) is 18.3 Å². The molecule has 1 aromatic rings. The maximum Gasteiger partial charge on any atom is 0.223 e. The molecule has 102 valence electrons. The predicted octanol–water partition coefficient (Wildman–Crippen LogP) is 2.60.